The predicted molar refractivity (Wildman–Crippen MR) is 84.2 cm³/mol. The van der Waals surface area contributed by atoms with Crippen molar-refractivity contribution >= 4 is 58.0 Å². The lowest BCUT2D eigenvalue weighted by molar-refractivity contribution is 0.103. The summed E-state index contributed by atoms with van der Waals surface area (Å²) in [5, 5.41) is 2.95. The molecule has 1 amide bonds. The maximum Gasteiger partial charge on any atom is 0.266 e. The van der Waals surface area contributed by atoms with Crippen LogP contribution in [0.3, 0.4) is 0 Å². The van der Waals surface area contributed by atoms with Crippen molar-refractivity contribution in [1.29, 1.82) is 0 Å². The van der Waals surface area contributed by atoms with Crippen LogP contribution >= 0.6 is 46.3 Å². The molecular weight excluding hydrogens is 337 g/mol. The molecule has 0 unspecified atom stereocenters. The number of fused-ring (bicyclic) bond motifs is 1. The van der Waals surface area contributed by atoms with Crippen LogP contribution in [0.1, 0.15) is 20.1 Å². The molecule has 0 fully saturated rings. The summed E-state index contributed by atoms with van der Waals surface area (Å²) in [5.41, 5.74) is 1.25. The van der Waals surface area contributed by atoms with E-state index in [1.54, 1.807) is 0 Å². The van der Waals surface area contributed by atoms with Crippen molar-refractivity contribution in [3.63, 3.8) is 0 Å². The second-order valence-corrected chi connectivity index (χ2v) is 7.12. The maximum atomic E-state index is 12.2. The van der Waals surface area contributed by atoms with Gasteiger partial charge in [-0.25, -0.2) is 9.97 Å². The number of nitrogens with one attached hydrogen (secondary N) is 1. The minimum atomic E-state index is -0.217. The summed E-state index contributed by atoms with van der Waals surface area (Å²) in [6.45, 7) is 0. The molecule has 3 rings (SSSR count). The average molecular weight is 346 g/mol. The van der Waals surface area contributed by atoms with Crippen LogP contribution in [0.4, 0.5) is 5.82 Å². The van der Waals surface area contributed by atoms with Crippen molar-refractivity contribution < 1.29 is 4.79 Å². The Morgan fingerprint density at radius 3 is 3.00 bits per heavy atom. The largest absolute Gasteiger partial charge is 0.304 e. The Labute approximate surface area is 133 Å². The third-order valence-corrected chi connectivity index (χ3v) is 5.82. The monoisotopic (exact) mass is 345 g/mol. The summed E-state index contributed by atoms with van der Waals surface area (Å²) >= 11 is 15.2. The molecule has 104 valence electrons. The van der Waals surface area contributed by atoms with E-state index in [2.05, 4.69) is 15.3 Å². The lowest BCUT2D eigenvalue weighted by Crippen LogP contribution is -2.12. The van der Waals surface area contributed by atoms with Crippen LogP contribution < -0.4 is 5.32 Å². The minimum Gasteiger partial charge on any atom is -0.304 e. The Balaban J connectivity index is 1.82. The van der Waals surface area contributed by atoms with Crippen LogP contribution in [0.2, 0.25) is 10.2 Å². The molecule has 2 aromatic heterocycles. The predicted octanol–water partition coefficient (Wildman–Crippen LogP) is 3.89. The Bertz CT molecular complexity index is 651. The number of thioether (sulfide) groups is 1. The Morgan fingerprint density at radius 2 is 2.20 bits per heavy atom. The number of amides is 1. The van der Waals surface area contributed by atoms with Gasteiger partial charge in [0.15, 0.2) is 11.0 Å². The standard InChI is InChI=1S/C12H9Cl2N3OS2/c13-9-10(14)15-5-16-11(9)17-12(18)8-3-6-4-19-2-1-7(6)20-8/h3,5H,1-2,4H2,(H,15,16,17,18). The lowest BCUT2D eigenvalue weighted by atomic mass is 10.2. The molecule has 20 heavy (non-hydrogen) atoms. The molecule has 0 saturated heterocycles. The number of aryl methyl sites for hydroxylation is 1. The summed E-state index contributed by atoms with van der Waals surface area (Å²) in [6.07, 6.45) is 2.29. The molecule has 8 heteroatoms. The summed E-state index contributed by atoms with van der Waals surface area (Å²) in [7, 11) is 0. The van der Waals surface area contributed by atoms with E-state index < -0.39 is 0 Å². The van der Waals surface area contributed by atoms with Gasteiger partial charge in [0.25, 0.3) is 5.91 Å². The van der Waals surface area contributed by atoms with Gasteiger partial charge in [-0.3, -0.25) is 4.79 Å². The third kappa shape index (κ3) is 2.79. The first-order valence-corrected chi connectivity index (χ1v) is 8.54. The molecular formula is C12H9Cl2N3OS2. The van der Waals surface area contributed by atoms with Crippen LogP contribution in [0.15, 0.2) is 12.4 Å². The Hall–Kier alpha value is -0.820. The smallest absolute Gasteiger partial charge is 0.266 e. The van der Waals surface area contributed by atoms with Crippen LogP contribution in [0.5, 0.6) is 0 Å². The second kappa shape index (κ2) is 5.89. The Kier molecular flexibility index (Phi) is 4.16. The number of aromatic nitrogens is 2. The van der Waals surface area contributed by atoms with E-state index in [1.807, 2.05) is 17.8 Å². The first-order valence-electron chi connectivity index (χ1n) is 5.82. The molecule has 1 N–H and O–H groups in total. The highest BCUT2D eigenvalue weighted by atomic mass is 35.5. The van der Waals surface area contributed by atoms with Gasteiger partial charge in [0, 0.05) is 10.6 Å². The summed E-state index contributed by atoms with van der Waals surface area (Å²) in [5.74, 6) is 2.10. The normalized spacial score (nSPS) is 13.9. The highest BCUT2D eigenvalue weighted by molar-refractivity contribution is 7.98. The van der Waals surface area contributed by atoms with Crippen LogP contribution in [-0.2, 0) is 12.2 Å². The topological polar surface area (TPSA) is 54.9 Å². The van der Waals surface area contributed by atoms with Crippen molar-refractivity contribution in [2.45, 2.75) is 12.2 Å². The van der Waals surface area contributed by atoms with Crippen molar-refractivity contribution in [1.82, 2.24) is 9.97 Å². The fourth-order valence-electron chi connectivity index (χ4n) is 1.86. The first kappa shape index (κ1) is 14.1. The third-order valence-electron chi connectivity index (χ3n) is 2.83. The van der Waals surface area contributed by atoms with Gasteiger partial charge < -0.3 is 5.32 Å². The van der Waals surface area contributed by atoms with E-state index in [0.717, 1.165) is 17.9 Å². The van der Waals surface area contributed by atoms with Crippen LogP contribution in [0, 0.1) is 0 Å². The zero-order chi connectivity index (χ0) is 14.1. The quantitative estimate of drug-likeness (QED) is 0.839. The minimum absolute atomic E-state index is 0.124. The molecule has 4 nitrogen and oxygen atoms in total. The number of rotatable bonds is 2. The number of carbonyl (C=O) groups excluding carboxylic acids is 1. The highest BCUT2D eigenvalue weighted by Crippen LogP contribution is 2.32. The zero-order valence-electron chi connectivity index (χ0n) is 10.2. The van der Waals surface area contributed by atoms with Crippen molar-refractivity contribution in [2.24, 2.45) is 0 Å². The molecule has 0 bridgehead atoms. The van der Waals surface area contributed by atoms with Crippen LogP contribution in [-0.4, -0.2) is 21.6 Å². The van der Waals surface area contributed by atoms with Crippen molar-refractivity contribution in [3.05, 3.63) is 37.9 Å². The van der Waals surface area contributed by atoms with Crippen molar-refractivity contribution in [2.75, 3.05) is 11.1 Å². The van der Waals surface area contributed by atoms with Gasteiger partial charge >= 0.3 is 0 Å². The van der Waals surface area contributed by atoms with E-state index in [-0.39, 0.29) is 21.9 Å². The molecule has 2 aromatic rings. The molecule has 0 aliphatic carbocycles. The molecule has 0 spiro atoms. The van der Waals surface area contributed by atoms with Crippen LogP contribution in [0.25, 0.3) is 0 Å². The van der Waals surface area contributed by atoms with Gasteiger partial charge in [-0.1, -0.05) is 23.2 Å². The molecule has 0 aromatic carbocycles. The number of thiophene rings is 1. The van der Waals surface area contributed by atoms with Gasteiger partial charge in [0.1, 0.15) is 11.3 Å². The molecule has 1 aliphatic heterocycles. The van der Waals surface area contributed by atoms with E-state index in [0.29, 0.717) is 4.88 Å². The molecule has 0 saturated carbocycles. The second-order valence-electron chi connectivity index (χ2n) is 4.14. The number of anilines is 1. The van der Waals surface area contributed by atoms with Gasteiger partial charge in [-0.15, -0.1) is 11.3 Å². The number of halogens is 2. The van der Waals surface area contributed by atoms with E-state index >= 15 is 0 Å². The average Bonchev–Trinajstić information content (AvgIpc) is 2.88. The fourth-order valence-corrected chi connectivity index (χ4v) is 4.41. The maximum absolute atomic E-state index is 12.2. The van der Waals surface area contributed by atoms with E-state index in [4.69, 9.17) is 23.2 Å². The summed E-state index contributed by atoms with van der Waals surface area (Å²) in [6, 6.07) is 1.94. The fraction of sp³-hybridized carbons (Fsp3) is 0.250. The van der Waals surface area contributed by atoms with Gasteiger partial charge in [-0.2, -0.15) is 11.8 Å². The molecule has 1 aliphatic rings. The number of carbonyl (C=O) groups is 1. The summed E-state index contributed by atoms with van der Waals surface area (Å²) < 4.78 is 0. The van der Waals surface area contributed by atoms with Gasteiger partial charge in [0.05, 0.1) is 4.88 Å². The van der Waals surface area contributed by atoms with Gasteiger partial charge in [-0.05, 0) is 23.8 Å². The number of nitrogens with zero attached hydrogens (tertiary/aromatic N) is 2. The zero-order valence-corrected chi connectivity index (χ0v) is 13.3. The van der Waals surface area contributed by atoms with Gasteiger partial charge in [0.2, 0.25) is 0 Å². The highest BCUT2D eigenvalue weighted by Gasteiger charge is 2.19. The summed E-state index contributed by atoms with van der Waals surface area (Å²) in [4.78, 5) is 21.9. The molecule has 0 radical (unpaired) electrons. The number of hydrogen-bond donors (Lipinski definition) is 1. The lowest BCUT2D eigenvalue weighted by Gasteiger charge is -2.08. The molecule has 0 atom stereocenters. The van der Waals surface area contributed by atoms with E-state index in [1.165, 1.54) is 28.1 Å². The van der Waals surface area contributed by atoms with Crippen molar-refractivity contribution in [3.8, 4) is 0 Å². The first-order chi connectivity index (χ1) is 9.65. The molecule has 3 heterocycles. The van der Waals surface area contributed by atoms with E-state index in [9.17, 15) is 4.79 Å². The SMILES string of the molecule is O=C(Nc1ncnc(Cl)c1Cl)c1cc2c(s1)CCSC2. The Morgan fingerprint density at radius 1 is 1.35 bits per heavy atom. The number of hydrogen-bond acceptors (Lipinski definition) is 5.